The van der Waals surface area contributed by atoms with Crippen molar-refractivity contribution in [2.45, 2.75) is 25.3 Å². The first-order valence-electron chi connectivity index (χ1n) is 6.47. The summed E-state index contributed by atoms with van der Waals surface area (Å²) >= 11 is 1.17. The molecule has 0 bridgehead atoms. The summed E-state index contributed by atoms with van der Waals surface area (Å²) in [4.78, 5) is 36.7. The van der Waals surface area contributed by atoms with Gasteiger partial charge in [0.15, 0.2) is 0 Å². The van der Waals surface area contributed by atoms with Crippen molar-refractivity contribution in [2.75, 3.05) is 11.9 Å². The summed E-state index contributed by atoms with van der Waals surface area (Å²) < 4.78 is 0. The highest BCUT2D eigenvalue weighted by Gasteiger charge is 2.41. The molecule has 7 heteroatoms. The van der Waals surface area contributed by atoms with E-state index in [0.717, 1.165) is 12.8 Å². The normalized spacial score (nSPS) is 22.1. The summed E-state index contributed by atoms with van der Waals surface area (Å²) in [7, 11) is 0. The van der Waals surface area contributed by atoms with Gasteiger partial charge in [0.2, 0.25) is 11.8 Å². The topological polar surface area (TPSA) is 86.7 Å². The van der Waals surface area contributed by atoms with Crippen LogP contribution >= 0.6 is 11.3 Å². The highest BCUT2D eigenvalue weighted by molar-refractivity contribution is 7.14. The van der Waals surface area contributed by atoms with Crippen molar-refractivity contribution in [1.82, 2.24) is 4.90 Å². The summed E-state index contributed by atoms with van der Waals surface area (Å²) in [5.74, 6) is -1.70. The number of hydrogen-bond donors (Lipinski definition) is 2. The molecule has 1 unspecified atom stereocenters. The second kappa shape index (κ2) is 4.90. The lowest BCUT2D eigenvalue weighted by Crippen LogP contribution is -2.29. The van der Waals surface area contributed by atoms with Crippen LogP contribution in [0.3, 0.4) is 0 Å². The Hall–Kier alpha value is -1.89. The van der Waals surface area contributed by atoms with Gasteiger partial charge in [-0.3, -0.25) is 9.59 Å². The Morgan fingerprint density at radius 2 is 2.15 bits per heavy atom. The third kappa shape index (κ3) is 2.40. The van der Waals surface area contributed by atoms with Crippen molar-refractivity contribution in [3.8, 4) is 0 Å². The molecule has 1 saturated heterocycles. The van der Waals surface area contributed by atoms with Crippen LogP contribution < -0.4 is 5.32 Å². The average molecular weight is 294 g/mol. The van der Waals surface area contributed by atoms with Crippen LogP contribution in [0.25, 0.3) is 0 Å². The number of carboxylic acid groups (broad SMARTS) is 1. The number of carbonyl (C=O) groups excluding carboxylic acids is 2. The van der Waals surface area contributed by atoms with Gasteiger partial charge in [0.25, 0.3) is 0 Å². The highest BCUT2D eigenvalue weighted by atomic mass is 32.1. The van der Waals surface area contributed by atoms with E-state index in [-0.39, 0.29) is 29.7 Å². The van der Waals surface area contributed by atoms with Crippen LogP contribution in [-0.2, 0) is 9.59 Å². The number of hydrogen-bond acceptors (Lipinski definition) is 4. The van der Waals surface area contributed by atoms with Crippen LogP contribution in [0.4, 0.5) is 5.00 Å². The molecule has 2 aliphatic rings. The van der Waals surface area contributed by atoms with Gasteiger partial charge in [-0.05, 0) is 24.3 Å². The summed E-state index contributed by atoms with van der Waals surface area (Å²) in [6, 6.07) is 1.77. The molecule has 1 aromatic heterocycles. The lowest BCUT2D eigenvalue weighted by molar-refractivity contribution is -0.128. The second-order valence-electron chi connectivity index (χ2n) is 5.14. The molecular formula is C13H14N2O4S. The van der Waals surface area contributed by atoms with Crippen LogP contribution in [0.15, 0.2) is 11.4 Å². The third-order valence-corrected chi connectivity index (χ3v) is 4.48. The number of aromatic carboxylic acids is 1. The molecule has 1 saturated carbocycles. The number of amides is 2. The predicted molar refractivity (Wildman–Crippen MR) is 72.8 cm³/mol. The van der Waals surface area contributed by atoms with E-state index in [4.69, 9.17) is 5.11 Å². The number of nitrogens with one attached hydrogen (secondary N) is 1. The minimum Gasteiger partial charge on any atom is -0.478 e. The van der Waals surface area contributed by atoms with E-state index in [2.05, 4.69) is 5.32 Å². The summed E-state index contributed by atoms with van der Waals surface area (Å²) in [5, 5.41) is 13.6. The van der Waals surface area contributed by atoms with Crippen molar-refractivity contribution >= 4 is 34.1 Å². The Morgan fingerprint density at radius 3 is 2.80 bits per heavy atom. The number of carboxylic acids is 1. The van der Waals surface area contributed by atoms with E-state index in [1.54, 1.807) is 10.3 Å². The predicted octanol–water partition coefficient (Wildman–Crippen LogP) is 1.40. The zero-order valence-corrected chi connectivity index (χ0v) is 11.5. The van der Waals surface area contributed by atoms with Crippen LogP contribution in [-0.4, -0.2) is 40.4 Å². The van der Waals surface area contributed by atoms with Gasteiger partial charge in [-0.15, -0.1) is 11.3 Å². The fourth-order valence-electron chi connectivity index (χ4n) is 2.43. The molecule has 0 spiro atoms. The van der Waals surface area contributed by atoms with Gasteiger partial charge in [-0.25, -0.2) is 4.79 Å². The van der Waals surface area contributed by atoms with E-state index in [1.807, 2.05) is 0 Å². The van der Waals surface area contributed by atoms with Crippen LogP contribution in [0.2, 0.25) is 0 Å². The molecule has 1 aromatic rings. The molecule has 2 fully saturated rings. The molecule has 1 aliphatic carbocycles. The molecular weight excluding hydrogens is 280 g/mol. The molecule has 3 rings (SSSR count). The van der Waals surface area contributed by atoms with E-state index in [9.17, 15) is 14.4 Å². The van der Waals surface area contributed by atoms with Crippen molar-refractivity contribution in [3.63, 3.8) is 0 Å². The van der Waals surface area contributed by atoms with Gasteiger partial charge in [-0.1, -0.05) is 0 Å². The van der Waals surface area contributed by atoms with E-state index in [0.29, 0.717) is 17.6 Å². The maximum atomic E-state index is 12.1. The zero-order valence-electron chi connectivity index (χ0n) is 10.7. The van der Waals surface area contributed by atoms with Gasteiger partial charge >= 0.3 is 5.97 Å². The average Bonchev–Trinajstić information content (AvgIpc) is 2.99. The molecule has 1 atom stereocenters. The molecule has 2 heterocycles. The lowest BCUT2D eigenvalue weighted by Gasteiger charge is -2.15. The number of likely N-dealkylation sites (tertiary alicyclic amines) is 1. The van der Waals surface area contributed by atoms with Crippen molar-refractivity contribution in [1.29, 1.82) is 0 Å². The van der Waals surface area contributed by atoms with E-state index >= 15 is 0 Å². The van der Waals surface area contributed by atoms with Crippen molar-refractivity contribution < 1.29 is 19.5 Å². The molecule has 2 amide bonds. The van der Waals surface area contributed by atoms with Gasteiger partial charge < -0.3 is 15.3 Å². The maximum Gasteiger partial charge on any atom is 0.338 e. The largest absolute Gasteiger partial charge is 0.478 e. The van der Waals surface area contributed by atoms with Gasteiger partial charge in [-0.2, -0.15) is 0 Å². The van der Waals surface area contributed by atoms with E-state index < -0.39 is 5.97 Å². The van der Waals surface area contributed by atoms with Crippen molar-refractivity contribution in [2.24, 2.45) is 5.92 Å². The Bertz CT molecular complexity index is 579. The minimum atomic E-state index is -1.07. The smallest absolute Gasteiger partial charge is 0.338 e. The zero-order chi connectivity index (χ0) is 14.3. The minimum absolute atomic E-state index is 0.0253. The molecule has 106 valence electrons. The molecule has 1 aliphatic heterocycles. The third-order valence-electron chi connectivity index (χ3n) is 3.65. The fraction of sp³-hybridized carbons (Fsp3) is 0.462. The summed E-state index contributed by atoms with van der Waals surface area (Å²) in [6.07, 6.45) is 2.26. The van der Waals surface area contributed by atoms with E-state index in [1.165, 1.54) is 17.4 Å². The van der Waals surface area contributed by atoms with Gasteiger partial charge in [0, 0.05) is 19.0 Å². The number of anilines is 1. The Labute approximate surface area is 119 Å². The lowest BCUT2D eigenvalue weighted by atomic mass is 10.1. The van der Waals surface area contributed by atoms with Gasteiger partial charge in [0.1, 0.15) is 5.00 Å². The first-order valence-corrected chi connectivity index (χ1v) is 7.35. The molecule has 2 N–H and O–H groups in total. The Kier molecular flexibility index (Phi) is 3.21. The summed E-state index contributed by atoms with van der Waals surface area (Å²) in [5.41, 5.74) is 0.0896. The quantitative estimate of drug-likeness (QED) is 0.878. The SMILES string of the molecule is O=C(O)c1ccsc1NC(=O)C1CC(=O)N(C2CC2)C1. The Balaban J connectivity index is 1.66. The monoisotopic (exact) mass is 294 g/mol. The van der Waals surface area contributed by atoms with Crippen LogP contribution in [0, 0.1) is 5.92 Å². The number of thiophene rings is 1. The van der Waals surface area contributed by atoms with Crippen LogP contribution in [0.5, 0.6) is 0 Å². The van der Waals surface area contributed by atoms with Gasteiger partial charge in [0.05, 0.1) is 11.5 Å². The number of rotatable bonds is 4. The molecule has 20 heavy (non-hydrogen) atoms. The summed E-state index contributed by atoms with van der Waals surface area (Å²) in [6.45, 7) is 0.448. The number of carbonyl (C=O) groups is 3. The first-order chi connectivity index (χ1) is 9.56. The highest BCUT2D eigenvalue weighted by Crippen LogP contribution is 2.33. The maximum absolute atomic E-state index is 12.1. The van der Waals surface area contributed by atoms with Crippen molar-refractivity contribution in [3.05, 3.63) is 17.0 Å². The molecule has 0 radical (unpaired) electrons. The Morgan fingerprint density at radius 1 is 1.40 bits per heavy atom. The standard InChI is InChI=1S/C13H14N2O4S/c16-10-5-7(6-15(10)8-1-2-8)11(17)14-12-9(13(18)19)3-4-20-12/h3-4,7-8H,1-2,5-6H2,(H,14,17)(H,18,19). The fourth-order valence-corrected chi connectivity index (χ4v) is 3.22. The number of nitrogens with zero attached hydrogens (tertiary/aromatic N) is 1. The first kappa shape index (κ1) is 13.1. The van der Waals surface area contributed by atoms with Crippen LogP contribution in [0.1, 0.15) is 29.6 Å². The second-order valence-corrected chi connectivity index (χ2v) is 6.05. The molecule has 0 aromatic carbocycles. The molecule has 6 nitrogen and oxygen atoms in total.